The number of ether oxygens (including phenoxy) is 2. The molecule has 0 aromatic rings. The Morgan fingerprint density at radius 3 is 2.73 bits per heavy atom. The number of amides is 1. The molecule has 1 saturated carbocycles. The van der Waals surface area contributed by atoms with Gasteiger partial charge in [0.25, 0.3) is 0 Å². The molecule has 4 nitrogen and oxygen atoms in total. The molecule has 1 aliphatic rings. The molecule has 0 atom stereocenters. The van der Waals surface area contributed by atoms with Crippen LogP contribution in [0.4, 0.5) is 0 Å². The van der Waals surface area contributed by atoms with Gasteiger partial charge in [-0.3, -0.25) is 4.79 Å². The molecular weight excluding hydrogens is 194 g/mol. The molecule has 4 heteroatoms. The van der Waals surface area contributed by atoms with Gasteiger partial charge in [0.05, 0.1) is 13.2 Å². The monoisotopic (exact) mass is 215 g/mol. The Balaban J connectivity index is 1.74. The lowest BCUT2D eigenvalue weighted by Gasteiger charge is -2.05. The van der Waals surface area contributed by atoms with Gasteiger partial charge in [-0.25, -0.2) is 0 Å². The van der Waals surface area contributed by atoms with Crippen molar-refractivity contribution in [3.05, 3.63) is 0 Å². The first-order chi connectivity index (χ1) is 7.34. The van der Waals surface area contributed by atoms with E-state index in [1.807, 2.05) is 0 Å². The van der Waals surface area contributed by atoms with Crippen molar-refractivity contribution in [1.82, 2.24) is 5.32 Å². The van der Waals surface area contributed by atoms with Crippen LogP contribution in [-0.4, -0.2) is 39.4 Å². The average molecular weight is 215 g/mol. The molecule has 0 aromatic carbocycles. The number of nitrogens with one attached hydrogen (secondary N) is 1. The van der Waals surface area contributed by atoms with Crippen molar-refractivity contribution < 1.29 is 14.3 Å². The largest absolute Gasteiger partial charge is 0.382 e. The summed E-state index contributed by atoms with van der Waals surface area (Å²) in [6.45, 7) is 2.84. The number of hydrogen-bond donors (Lipinski definition) is 1. The van der Waals surface area contributed by atoms with Crippen molar-refractivity contribution in [2.24, 2.45) is 5.92 Å². The van der Waals surface area contributed by atoms with Crippen LogP contribution in [0.2, 0.25) is 0 Å². The molecule has 1 rings (SSSR count). The van der Waals surface area contributed by atoms with E-state index in [1.54, 1.807) is 7.11 Å². The molecule has 1 N–H and O–H groups in total. The highest BCUT2D eigenvalue weighted by molar-refractivity contribution is 5.80. The van der Waals surface area contributed by atoms with Crippen LogP contribution >= 0.6 is 0 Å². The molecule has 0 aromatic heterocycles. The fourth-order valence-corrected chi connectivity index (χ4v) is 1.27. The third-order valence-electron chi connectivity index (χ3n) is 2.39. The van der Waals surface area contributed by atoms with Crippen molar-refractivity contribution in [2.75, 3.05) is 33.5 Å². The van der Waals surface area contributed by atoms with Crippen molar-refractivity contribution in [3.8, 4) is 0 Å². The van der Waals surface area contributed by atoms with E-state index in [1.165, 1.54) is 0 Å². The van der Waals surface area contributed by atoms with Crippen molar-refractivity contribution in [1.29, 1.82) is 0 Å². The summed E-state index contributed by atoms with van der Waals surface area (Å²) in [6.07, 6.45) is 4.14. The molecule has 0 spiro atoms. The Labute approximate surface area is 91.3 Å². The summed E-state index contributed by atoms with van der Waals surface area (Å²) < 4.78 is 10.2. The van der Waals surface area contributed by atoms with E-state index in [-0.39, 0.29) is 5.91 Å². The fourth-order valence-electron chi connectivity index (χ4n) is 1.27. The zero-order valence-corrected chi connectivity index (χ0v) is 9.46. The van der Waals surface area contributed by atoms with Crippen LogP contribution in [0.3, 0.4) is 0 Å². The van der Waals surface area contributed by atoms with Crippen molar-refractivity contribution in [2.45, 2.75) is 25.7 Å². The SMILES string of the molecule is COCCOCCCCNC(=O)C1CC1. The van der Waals surface area contributed by atoms with Gasteiger partial charge in [0.15, 0.2) is 0 Å². The maximum atomic E-state index is 11.2. The Morgan fingerprint density at radius 1 is 1.27 bits per heavy atom. The molecular formula is C11H21NO3. The lowest BCUT2D eigenvalue weighted by Crippen LogP contribution is -2.25. The Kier molecular flexibility index (Phi) is 6.36. The third kappa shape index (κ3) is 6.47. The van der Waals surface area contributed by atoms with Crippen molar-refractivity contribution >= 4 is 5.91 Å². The molecule has 0 radical (unpaired) electrons. The number of carbonyl (C=O) groups is 1. The second-order valence-corrected chi connectivity index (χ2v) is 3.88. The normalized spacial score (nSPS) is 15.3. The van der Waals surface area contributed by atoms with Gasteiger partial charge < -0.3 is 14.8 Å². The second-order valence-electron chi connectivity index (χ2n) is 3.88. The average Bonchev–Trinajstić information content (AvgIpc) is 3.05. The Bertz CT molecular complexity index is 181. The van der Waals surface area contributed by atoms with Crippen LogP contribution in [0.5, 0.6) is 0 Å². The molecule has 1 aliphatic carbocycles. The summed E-state index contributed by atoms with van der Waals surface area (Å²) in [4.78, 5) is 11.2. The minimum atomic E-state index is 0.232. The van der Waals surface area contributed by atoms with E-state index in [0.29, 0.717) is 19.1 Å². The number of methoxy groups -OCH3 is 1. The summed E-state index contributed by atoms with van der Waals surface area (Å²) in [5, 5.41) is 2.93. The molecule has 0 bridgehead atoms. The molecule has 0 aliphatic heterocycles. The zero-order chi connectivity index (χ0) is 10.9. The van der Waals surface area contributed by atoms with Crippen LogP contribution in [0.15, 0.2) is 0 Å². The summed E-state index contributed by atoms with van der Waals surface area (Å²) >= 11 is 0. The molecule has 15 heavy (non-hydrogen) atoms. The quantitative estimate of drug-likeness (QED) is 0.583. The van der Waals surface area contributed by atoms with Crippen LogP contribution in [0.25, 0.3) is 0 Å². The van der Waals surface area contributed by atoms with E-state index in [0.717, 1.165) is 38.8 Å². The molecule has 0 heterocycles. The van der Waals surface area contributed by atoms with E-state index in [4.69, 9.17) is 9.47 Å². The highest BCUT2D eigenvalue weighted by atomic mass is 16.5. The lowest BCUT2D eigenvalue weighted by molar-refractivity contribution is -0.122. The van der Waals surface area contributed by atoms with Gasteiger partial charge in [-0.05, 0) is 25.7 Å². The van der Waals surface area contributed by atoms with Gasteiger partial charge in [-0.2, -0.15) is 0 Å². The molecule has 1 fully saturated rings. The van der Waals surface area contributed by atoms with Gasteiger partial charge in [-0.1, -0.05) is 0 Å². The number of unbranched alkanes of at least 4 members (excludes halogenated alkanes) is 1. The van der Waals surface area contributed by atoms with Gasteiger partial charge >= 0.3 is 0 Å². The number of carbonyl (C=O) groups excluding carboxylic acids is 1. The van der Waals surface area contributed by atoms with E-state index in [9.17, 15) is 4.79 Å². The maximum Gasteiger partial charge on any atom is 0.223 e. The van der Waals surface area contributed by atoms with Crippen LogP contribution in [0, 0.1) is 5.92 Å². The first kappa shape index (κ1) is 12.5. The standard InChI is InChI=1S/C11H21NO3/c1-14-8-9-15-7-3-2-6-12-11(13)10-4-5-10/h10H,2-9H2,1H3,(H,12,13). The maximum absolute atomic E-state index is 11.2. The summed E-state index contributed by atoms with van der Waals surface area (Å²) in [7, 11) is 1.66. The van der Waals surface area contributed by atoms with Gasteiger partial charge in [0.2, 0.25) is 5.91 Å². The highest BCUT2D eigenvalue weighted by Gasteiger charge is 2.28. The third-order valence-corrected chi connectivity index (χ3v) is 2.39. The van der Waals surface area contributed by atoms with E-state index < -0.39 is 0 Å². The first-order valence-electron chi connectivity index (χ1n) is 5.69. The van der Waals surface area contributed by atoms with E-state index >= 15 is 0 Å². The van der Waals surface area contributed by atoms with Crippen LogP contribution in [0.1, 0.15) is 25.7 Å². The second kappa shape index (κ2) is 7.65. The van der Waals surface area contributed by atoms with Crippen molar-refractivity contribution in [3.63, 3.8) is 0 Å². The van der Waals surface area contributed by atoms with Gasteiger partial charge in [0.1, 0.15) is 0 Å². The fraction of sp³-hybridized carbons (Fsp3) is 0.909. The zero-order valence-electron chi connectivity index (χ0n) is 9.46. The summed E-state index contributed by atoms with van der Waals surface area (Å²) in [5.41, 5.74) is 0. The van der Waals surface area contributed by atoms with Gasteiger partial charge in [0, 0.05) is 26.2 Å². The molecule has 88 valence electrons. The first-order valence-corrected chi connectivity index (χ1v) is 5.69. The predicted molar refractivity (Wildman–Crippen MR) is 57.7 cm³/mol. The Hall–Kier alpha value is -0.610. The predicted octanol–water partition coefficient (Wildman–Crippen LogP) is 0.956. The topological polar surface area (TPSA) is 47.6 Å². The van der Waals surface area contributed by atoms with Crippen LogP contribution < -0.4 is 5.32 Å². The van der Waals surface area contributed by atoms with Gasteiger partial charge in [-0.15, -0.1) is 0 Å². The smallest absolute Gasteiger partial charge is 0.223 e. The minimum Gasteiger partial charge on any atom is -0.382 e. The molecule has 1 amide bonds. The van der Waals surface area contributed by atoms with E-state index in [2.05, 4.69) is 5.32 Å². The molecule has 0 saturated heterocycles. The lowest BCUT2D eigenvalue weighted by atomic mass is 10.3. The number of rotatable bonds is 9. The van der Waals surface area contributed by atoms with Crippen LogP contribution in [-0.2, 0) is 14.3 Å². The highest BCUT2D eigenvalue weighted by Crippen LogP contribution is 2.28. The Morgan fingerprint density at radius 2 is 2.07 bits per heavy atom. The summed E-state index contributed by atoms with van der Waals surface area (Å²) in [6, 6.07) is 0. The molecule has 0 unspecified atom stereocenters. The summed E-state index contributed by atoms with van der Waals surface area (Å²) in [5.74, 6) is 0.554. The minimum absolute atomic E-state index is 0.232. The number of hydrogen-bond acceptors (Lipinski definition) is 3.